The predicted octanol–water partition coefficient (Wildman–Crippen LogP) is 2.78. The highest BCUT2D eigenvalue weighted by Gasteiger charge is 2.39. The fourth-order valence-corrected chi connectivity index (χ4v) is 3.69. The fourth-order valence-electron chi connectivity index (χ4n) is 3.69. The van der Waals surface area contributed by atoms with Gasteiger partial charge in [0.25, 0.3) is 5.56 Å². The second-order valence-electron chi connectivity index (χ2n) is 7.15. The maximum Gasteiger partial charge on any atom is 0.438 e. The van der Waals surface area contributed by atoms with E-state index in [-0.39, 0.29) is 42.6 Å². The normalized spacial score (nSPS) is 16.5. The summed E-state index contributed by atoms with van der Waals surface area (Å²) in [6.45, 7) is 3.90. The second-order valence-corrected chi connectivity index (χ2v) is 7.15. The molecule has 1 aliphatic rings. The number of piperidine rings is 1. The Hall–Kier alpha value is -2.91. The number of carbonyl (C=O) groups is 2. The lowest BCUT2D eigenvalue weighted by atomic mass is 9.96. The zero-order valence-electron chi connectivity index (χ0n) is 16.6. The highest BCUT2D eigenvalue weighted by atomic mass is 19.4. The molecule has 0 radical (unpaired) electrons. The van der Waals surface area contributed by atoms with Crippen molar-refractivity contribution in [3.63, 3.8) is 0 Å². The maximum absolute atomic E-state index is 13.3. The molecule has 3 rings (SSSR count). The number of para-hydroxylation sites is 2. The topological polar surface area (TPSA) is 81.5 Å². The first-order valence-corrected chi connectivity index (χ1v) is 9.69. The van der Waals surface area contributed by atoms with E-state index in [1.165, 1.54) is 30.0 Å². The number of aromatic nitrogens is 2. The van der Waals surface area contributed by atoms with Crippen LogP contribution in [0.1, 0.15) is 38.4 Å². The van der Waals surface area contributed by atoms with Crippen molar-refractivity contribution in [1.82, 2.24) is 14.5 Å². The molecular formula is C20H22F3N3O4. The minimum absolute atomic E-state index is 0.0231. The average Bonchev–Trinajstić information content (AvgIpc) is 2.72. The number of esters is 1. The van der Waals surface area contributed by atoms with Gasteiger partial charge in [-0.3, -0.25) is 19.0 Å². The van der Waals surface area contributed by atoms with E-state index in [1.807, 2.05) is 0 Å². The molecule has 1 atom stereocenters. The Morgan fingerprint density at radius 3 is 2.47 bits per heavy atom. The molecule has 0 bridgehead atoms. The molecule has 30 heavy (non-hydrogen) atoms. The van der Waals surface area contributed by atoms with Gasteiger partial charge in [-0.25, -0.2) is 4.98 Å². The number of ether oxygens (including phenoxy) is 1. The van der Waals surface area contributed by atoms with Crippen LogP contribution in [0.25, 0.3) is 11.0 Å². The van der Waals surface area contributed by atoms with Gasteiger partial charge in [0.05, 0.1) is 23.6 Å². The molecule has 0 saturated carbocycles. The third-order valence-electron chi connectivity index (χ3n) is 5.23. The van der Waals surface area contributed by atoms with Crippen LogP contribution in [0.3, 0.4) is 0 Å². The summed E-state index contributed by atoms with van der Waals surface area (Å²) in [7, 11) is 0. The molecule has 2 heterocycles. The van der Waals surface area contributed by atoms with Crippen LogP contribution in [0.15, 0.2) is 29.1 Å². The first-order chi connectivity index (χ1) is 14.1. The van der Waals surface area contributed by atoms with E-state index in [2.05, 4.69) is 4.98 Å². The van der Waals surface area contributed by atoms with Crippen LogP contribution >= 0.6 is 0 Å². The predicted molar refractivity (Wildman–Crippen MR) is 102 cm³/mol. The lowest BCUT2D eigenvalue weighted by Gasteiger charge is -2.33. The standard InChI is InChI=1S/C20H22F3N3O4/c1-3-30-19(29)13-8-10-25(11-9-13)17(27)12(2)26-15-7-5-4-6-14(15)24-16(18(26)28)20(21,22)23/h4-7,12-13H,3,8-11H2,1-2H3. The molecule has 7 nitrogen and oxygen atoms in total. The quantitative estimate of drug-likeness (QED) is 0.704. The molecule has 1 saturated heterocycles. The summed E-state index contributed by atoms with van der Waals surface area (Å²) in [6.07, 6.45) is -4.14. The summed E-state index contributed by atoms with van der Waals surface area (Å²) in [4.78, 5) is 42.4. The largest absolute Gasteiger partial charge is 0.466 e. The molecular weight excluding hydrogens is 403 g/mol. The highest BCUT2D eigenvalue weighted by molar-refractivity contribution is 5.84. The summed E-state index contributed by atoms with van der Waals surface area (Å²) in [5.41, 5.74) is -2.78. The van der Waals surface area contributed by atoms with Gasteiger partial charge in [-0.2, -0.15) is 13.2 Å². The van der Waals surface area contributed by atoms with E-state index in [1.54, 1.807) is 13.0 Å². The zero-order chi connectivity index (χ0) is 22.1. The molecule has 1 aromatic heterocycles. The highest BCUT2D eigenvalue weighted by Crippen LogP contribution is 2.28. The number of halogens is 3. The van der Waals surface area contributed by atoms with E-state index >= 15 is 0 Å². The van der Waals surface area contributed by atoms with Gasteiger partial charge in [0.2, 0.25) is 11.6 Å². The number of amides is 1. The summed E-state index contributed by atoms with van der Waals surface area (Å²) < 4.78 is 45.9. The summed E-state index contributed by atoms with van der Waals surface area (Å²) in [6, 6.07) is 4.74. The third kappa shape index (κ3) is 4.17. The first-order valence-electron chi connectivity index (χ1n) is 9.69. The van der Waals surface area contributed by atoms with Crippen molar-refractivity contribution in [1.29, 1.82) is 0 Å². The molecule has 1 unspecified atom stereocenters. The number of carbonyl (C=O) groups excluding carboxylic acids is 2. The minimum atomic E-state index is -4.94. The fraction of sp³-hybridized carbons (Fsp3) is 0.500. The van der Waals surface area contributed by atoms with Gasteiger partial charge in [-0.1, -0.05) is 12.1 Å². The van der Waals surface area contributed by atoms with Crippen LogP contribution in [0.5, 0.6) is 0 Å². The molecule has 10 heteroatoms. The van der Waals surface area contributed by atoms with Gasteiger partial charge in [0, 0.05) is 13.1 Å². The smallest absolute Gasteiger partial charge is 0.438 e. The number of hydrogen-bond donors (Lipinski definition) is 0. The molecule has 1 aromatic carbocycles. The van der Waals surface area contributed by atoms with Crippen molar-refractivity contribution in [2.75, 3.05) is 19.7 Å². The Balaban J connectivity index is 1.91. The van der Waals surface area contributed by atoms with E-state index in [0.29, 0.717) is 12.8 Å². The number of alkyl halides is 3. The van der Waals surface area contributed by atoms with Crippen molar-refractivity contribution < 1.29 is 27.5 Å². The van der Waals surface area contributed by atoms with Crippen LogP contribution in [0, 0.1) is 5.92 Å². The minimum Gasteiger partial charge on any atom is -0.466 e. The Kier molecular flexibility index (Phi) is 6.14. The molecule has 0 spiro atoms. The SMILES string of the molecule is CCOC(=O)C1CCN(C(=O)C(C)n2c(=O)c(C(F)(F)F)nc3ccccc32)CC1. The number of fused-ring (bicyclic) bond motifs is 1. The van der Waals surface area contributed by atoms with E-state index in [4.69, 9.17) is 4.74 Å². The Morgan fingerprint density at radius 2 is 1.87 bits per heavy atom. The number of benzene rings is 1. The van der Waals surface area contributed by atoms with Crippen LogP contribution in [-0.4, -0.2) is 46.0 Å². The summed E-state index contributed by atoms with van der Waals surface area (Å²) in [5, 5.41) is 0. The van der Waals surface area contributed by atoms with Gasteiger partial charge in [0.15, 0.2) is 0 Å². The van der Waals surface area contributed by atoms with Crippen LogP contribution in [0.4, 0.5) is 13.2 Å². The monoisotopic (exact) mass is 425 g/mol. The van der Waals surface area contributed by atoms with Crippen molar-refractivity contribution >= 4 is 22.9 Å². The lowest BCUT2D eigenvalue weighted by Crippen LogP contribution is -2.45. The molecule has 1 aliphatic heterocycles. The summed E-state index contributed by atoms with van der Waals surface area (Å²) in [5.74, 6) is -1.11. The Bertz CT molecular complexity index is 1010. The third-order valence-corrected chi connectivity index (χ3v) is 5.23. The molecule has 0 N–H and O–H groups in total. The first kappa shape index (κ1) is 21.8. The maximum atomic E-state index is 13.3. The van der Waals surface area contributed by atoms with Crippen LogP contribution in [-0.2, 0) is 20.5 Å². The molecule has 0 aliphatic carbocycles. The molecule has 1 fully saturated rings. The average molecular weight is 425 g/mol. The number of hydrogen-bond acceptors (Lipinski definition) is 5. The van der Waals surface area contributed by atoms with Gasteiger partial charge < -0.3 is 9.64 Å². The van der Waals surface area contributed by atoms with E-state index in [9.17, 15) is 27.6 Å². The van der Waals surface area contributed by atoms with Crippen molar-refractivity contribution in [2.24, 2.45) is 5.92 Å². The lowest BCUT2D eigenvalue weighted by molar-refractivity contribution is -0.151. The Labute approximate surface area is 170 Å². The van der Waals surface area contributed by atoms with Crippen molar-refractivity contribution in [3.8, 4) is 0 Å². The number of likely N-dealkylation sites (tertiary alicyclic amines) is 1. The molecule has 2 aromatic rings. The second kappa shape index (κ2) is 8.45. The molecule has 1 amide bonds. The zero-order valence-corrected chi connectivity index (χ0v) is 16.6. The van der Waals surface area contributed by atoms with Crippen molar-refractivity contribution in [3.05, 3.63) is 40.3 Å². The van der Waals surface area contributed by atoms with Crippen molar-refractivity contribution in [2.45, 2.75) is 38.9 Å². The number of nitrogens with zero attached hydrogens (tertiary/aromatic N) is 3. The van der Waals surface area contributed by atoms with Gasteiger partial charge in [0.1, 0.15) is 6.04 Å². The van der Waals surface area contributed by atoms with Crippen LogP contribution in [0.2, 0.25) is 0 Å². The van der Waals surface area contributed by atoms with E-state index < -0.39 is 29.4 Å². The van der Waals surface area contributed by atoms with Crippen LogP contribution < -0.4 is 5.56 Å². The number of rotatable bonds is 4. The van der Waals surface area contributed by atoms with Gasteiger partial charge in [-0.05, 0) is 38.8 Å². The van der Waals surface area contributed by atoms with Gasteiger partial charge in [-0.15, -0.1) is 0 Å². The Morgan fingerprint density at radius 1 is 1.23 bits per heavy atom. The van der Waals surface area contributed by atoms with Gasteiger partial charge >= 0.3 is 12.1 Å². The summed E-state index contributed by atoms with van der Waals surface area (Å²) >= 11 is 0. The molecule has 162 valence electrons. The van der Waals surface area contributed by atoms with E-state index in [0.717, 1.165) is 4.57 Å².